The van der Waals surface area contributed by atoms with E-state index in [1.807, 2.05) is 37.3 Å². The summed E-state index contributed by atoms with van der Waals surface area (Å²) in [5.74, 6) is 0.428. The topological polar surface area (TPSA) is 37.4 Å². The van der Waals surface area contributed by atoms with Crippen LogP contribution in [0.2, 0.25) is 0 Å². The van der Waals surface area contributed by atoms with Crippen molar-refractivity contribution in [3.05, 3.63) is 48.0 Å². The number of hydrogen-bond acceptors (Lipinski definition) is 2. The summed E-state index contributed by atoms with van der Waals surface area (Å²) in [6.07, 6.45) is 5.24. The van der Waals surface area contributed by atoms with E-state index >= 15 is 0 Å². The van der Waals surface area contributed by atoms with Crippen molar-refractivity contribution in [2.45, 2.75) is 19.9 Å². The predicted octanol–water partition coefficient (Wildman–Crippen LogP) is 2.38. The van der Waals surface area contributed by atoms with Crippen molar-refractivity contribution >= 4 is 11.8 Å². The number of carbonyl (C=O) groups excluding carboxylic acids is 2. The number of imide groups is 1. The lowest BCUT2D eigenvalue weighted by atomic mass is 9.71. The average molecular weight is 267 g/mol. The first-order valence-corrected chi connectivity index (χ1v) is 7.20. The van der Waals surface area contributed by atoms with E-state index in [-0.39, 0.29) is 29.6 Å². The Bertz CT molecular complexity index is 621. The Morgan fingerprint density at radius 2 is 1.95 bits per heavy atom. The number of rotatable bonds is 2. The average Bonchev–Trinajstić information content (AvgIpc) is 3.08. The van der Waals surface area contributed by atoms with Crippen LogP contribution in [0.4, 0.5) is 0 Å². The zero-order chi connectivity index (χ0) is 13.9. The minimum Gasteiger partial charge on any atom is -0.277 e. The molecule has 0 N–H and O–H groups in total. The standard InChI is InChI=1S/C17H17NO2/c1-17-13-8-7-12(9-13)14(17)15(19)18(16(17)20)10-11-5-3-2-4-6-11/h2-8,12-14H,9-10H2,1H3/t12-,13-,14-,17-/m0/s1. The largest absolute Gasteiger partial charge is 0.277 e. The number of allylic oxidation sites excluding steroid dienone is 2. The van der Waals surface area contributed by atoms with Crippen molar-refractivity contribution in [1.29, 1.82) is 0 Å². The van der Waals surface area contributed by atoms with E-state index in [0.717, 1.165) is 12.0 Å². The zero-order valence-corrected chi connectivity index (χ0v) is 11.5. The number of carbonyl (C=O) groups is 2. The molecule has 0 aromatic heterocycles. The van der Waals surface area contributed by atoms with Gasteiger partial charge in [-0.05, 0) is 30.7 Å². The van der Waals surface area contributed by atoms with Gasteiger partial charge in [-0.25, -0.2) is 0 Å². The van der Waals surface area contributed by atoms with Crippen molar-refractivity contribution < 1.29 is 9.59 Å². The Balaban J connectivity index is 1.68. The van der Waals surface area contributed by atoms with E-state index in [1.165, 1.54) is 4.90 Å². The van der Waals surface area contributed by atoms with Gasteiger partial charge in [-0.1, -0.05) is 42.5 Å². The number of nitrogens with zero attached hydrogens (tertiary/aromatic N) is 1. The van der Waals surface area contributed by atoms with E-state index in [4.69, 9.17) is 0 Å². The Hall–Kier alpha value is -1.90. The molecule has 3 heteroatoms. The Morgan fingerprint density at radius 3 is 2.65 bits per heavy atom. The first kappa shape index (κ1) is 11.9. The highest BCUT2D eigenvalue weighted by atomic mass is 16.2. The minimum absolute atomic E-state index is 0.0215. The molecule has 0 unspecified atom stereocenters. The molecule has 20 heavy (non-hydrogen) atoms. The van der Waals surface area contributed by atoms with Crippen LogP contribution in [0, 0.1) is 23.2 Å². The summed E-state index contributed by atoms with van der Waals surface area (Å²) in [6.45, 7) is 2.39. The highest BCUT2D eigenvalue weighted by Crippen LogP contribution is 2.60. The minimum atomic E-state index is -0.495. The fraction of sp³-hybridized carbons (Fsp3) is 0.412. The van der Waals surface area contributed by atoms with E-state index in [0.29, 0.717) is 6.54 Å². The van der Waals surface area contributed by atoms with Crippen LogP contribution in [0.25, 0.3) is 0 Å². The Morgan fingerprint density at radius 1 is 1.20 bits per heavy atom. The van der Waals surface area contributed by atoms with Crippen molar-refractivity contribution in [1.82, 2.24) is 4.90 Å². The second kappa shape index (κ2) is 3.81. The summed E-state index contributed by atoms with van der Waals surface area (Å²) in [5.41, 5.74) is 0.517. The van der Waals surface area contributed by atoms with Crippen molar-refractivity contribution in [2.24, 2.45) is 23.2 Å². The third kappa shape index (κ3) is 1.30. The van der Waals surface area contributed by atoms with Crippen molar-refractivity contribution in [2.75, 3.05) is 0 Å². The number of hydrogen-bond donors (Lipinski definition) is 0. The smallest absolute Gasteiger partial charge is 0.236 e. The van der Waals surface area contributed by atoms with Crippen LogP contribution in [0.5, 0.6) is 0 Å². The first-order valence-electron chi connectivity index (χ1n) is 7.20. The lowest BCUT2D eigenvalue weighted by Gasteiger charge is -2.28. The van der Waals surface area contributed by atoms with E-state index in [9.17, 15) is 9.59 Å². The molecule has 2 fully saturated rings. The molecule has 0 radical (unpaired) electrons. The molecule has 1 heterocycles. The van der Waals surface area contributed by atoms with E-state index in [1.54, 1.807) is 0 Å². The molecule has 3 nitrogen and oxygen atoms in total. The summed E-state index contributed by atoms with van der Waals surface area (Å²) in [4.78, 5) is 26.9. The summed E-state index contributed by atoms with van der Waals surface area (Å²) in [6, 6.07) is 9.74. The summed E-state index contributed by atoms with van der Waals surface area (Å²) >= 11 is 0. The van der Waals surface area contributed by atoms with Crippen LogP contribution in [-0.2, 0) is 16.1 Å². The fourth-order valence-electron chi connectivity index (χ4n) is 4.30. The molecule has 2 amide bonds. The fourth-order valence-corrected chi connectivity index (χ4v) is 4.30. The van der Waals surface area contributed by atoms with Crippen molar-refractivity contribution in [3.63, 3.8) is 0 Å². The van der Waals surface area contributed by atoms with Gasteiger partial charge in [-0.3, -0.25) is 14.5 Å². The number of amides is 2. The van der Waals surface area contributed by atoms with Gasteiger partial charge in [0.05, 0.1) is 17.9 Å². The maximum absolute atomic E-state index is 12.8. The Labute approximate surface area is 118 Å². The lowest BCUT2D eigenvalue weighted by molar-refractivity contribution is -0.142. The van der Waals surface area contributed by atoms with Gasteiger partial charge >= 0.3 is 0 Å². The van der Waals surface area contributed by atoms with Gasteiger partial charge < -0.3 is 0 Å². The molecule has 3 aliphatic rings. The van der Waals surface area contributed by atoms with Gasteiger partial charge in [0.1, 0.15) is 0 Å². The number of benzene rings is 1. The molecule has 1 aromatic rings. The van der Waals surface area contributed by atoms with Crippen LogP contribution in [0.1, 0.15) is 18.9 Å². The van der Waals surface area contributed by atoms with Crippen LogP contribution in [0.3, 0.4) is 0 Å². The van der Waals surface area contributed by atoms with Gasteiger partial charge in [0.2, 0.25) is 11.8 Å². The highest BCUT2D eigenvalue weighted by molar-refractivity contribution is 6.08. The van der Waals surface area contributed by atoms with Crippen LogP contribution in [0.15, 0.2) is 42.5 Å². The Kier molecular flexibility index (Phi) is 2.27. The summed E-state index contributed by atoms with van der Waals surface area (Å²) in [5, 5.41) is 0. The van der Waals surface area contributed by atoms with Crippen LogP contribution >= 0.6 is 0 Å². The molecule has 4 atom stereocenters. The SMILES string of the molecule is C[C@@]12C(=O)N(Cc3ccccc3)C(=O)[C@@H]1[C@H]1C=C[C@H]2C1. The lowest BCUT2D eigenvalue weighted by Crippen LogP contribution is -2.37. The van der Waals surface area contributed by atoms with E-state index < -0.39 is 5.41 Å². The molecule has 0 spiro atoms. The molecule has 2 aliphatic carbocycles. The molecule has 4 rings (SSSR count). The third-order valence-corrected chi connectivity index (χ3v) is 5.38. The molecular weight excluding hydrogens is 250 g/mol. The maximum atomic E-state index is 12.8. The number of likely N-dealkylation sites (tertiary alicyclic amines) is 1. The van der Waals surface area contributed by atoms with Gasteiger partial charge in [0, 0.05) is 0 Å². The molecule has 1 saturated heterocycles. The molecular formula is C17H17NO2. The summed E-state index contributed by atoms with van der Waals surface area (Å²) < 4.78 is 0. The third-order valence-electron chi connectivity index (χ3n) is 5.38. The molecule has 2 bridgehead atoms. The quantitative estimate of drug-likeness (QED) is 0.609. The maximum Gasteiger partial charge on any atom is 0.236 e. The van der Waals surface area contributed by atoms with Crippen LogP contribution < -0.4 is 0 Å². The highest BCUT2D eigenvalue weighted by Gasteiger charge is 2.66. The molecule has 102 valence electrons. The second-order valence-electron chi connectivity index (χ2n) is 6.37. The molecule has 1 aliphatic heterocycles. The van der Waals surface area contributed by atoms with Gasteiger partial charge in [-0.15, -0.1) is 0 Å². The van der Waals surface area contributed by atoms with Gasteiger partial charge in [0.15, 0.2) is 0 Å². The normalized spacial score (nSPS) is 37.9. The monoisotopic (exact) mass is 267 g/mol. The molecule has 1 aromatic carbocycles. The van der Waals surface area contributed by atoms with Crippen LogP contribution in [-0.4, -0.2) is 16.7 Å². The van der Waals surface area contributed by atoms with Gasteiger partial charge in [0.25, 0.3) is 0 Å². The predicted molar refractivity (Wildman–Crippen MR) is 74.3 cm³/mol. The summed E-state index contributed by atoms with van der Waals surface area (Å²) in [7, 11) is 0. The first-order chi connectivity index (χ1) is 9.62. The van der Waals surface area contributed by atoms with Crippen molar-refractivity contribution in [3.8, 4) is 0 Å². The second-order valence-corrected chi connectivity index (χ2v) is 6.37. The molecule has 1 saturated carbocycles. The van der Waals surface area contributed by atoms with Gasteiger partial charge in [-0.2, -0.15) is 0 Å². The number of fused-ring (bicyclic) bond motifs is 5. The van der Waals surface area contributed by atoms with E-state index in [2.05, 4.69) is 12.2 Å². The zero-order valence-electron chi connectivity index (χ0n) is 11.5.